The Kier molecular flexibility index (Phi) is 4.62. The van der Waals surface area contributed by atoms with E-state index in [1.807, 2.05) is 45.2 Å². The maximum absolute atomic E-state index is 11.9. The number of carbonyl (C=O) groups excluding carboxylic acids is 1. The van der Waals surface area contributed by atoms with Crippen molar-refractivity contribution in [1.82, 2.24) is 25.2 Å². The van der Waals surface area contributed by atoms with Crippen LogP contribution in [0.15, 0.2) is 36.8 Å². The van der Waals surface area contributed by atoms with E-state index in [0.29, 0.717) is 5.82 Å². The molecule has 0 saturated heterocycles. The van der Waals surface area contributed by atoms with Crippen LogP contribution in [-0.4, -0.2) is 30.9 Å². The summed E-state index contributed by atoms with van der Waals surface area (Å²) in [6.45, 7) is 3.87. The Labute approximate surface area is 144 Å². The van der Waals surface area contributed by atoms with Crippen molar-refractivity contribution in [3.63, 3.8) is 0 Å². The summed E-state index contributed by atoms with van der Waals surface area (Å²) in [4.78, 5) is 20.4. The Morgan fingerprint density at radius 2 is 1.92 bits per heavy atom. The first-order valence-corrected chi connectivity index (χ1v) is 7.95. The number of anilines is 2. The second-order valence-corrected chi connectivity index (χ2v) is 6.17. The van der Waals surface area contributed by atoms with Crippen LogP contribution in [0.1, 0.15) is 25.3 Å². The van der Waals surface area contributed by atoms with E-state index in [1.54, 1.807) is 16.4 Å². The number of aryl methyl sites for hydroxylation is 1. The van der Waals surface area contributed by atoms with Gasteiger partial charge in [-0.2, -0.15) is 5.10 Å². The molecule has 2 heterocycles. The van der Waals surface area contributed by atoms with Gasteiger partial charge in [0, 0.05) is 12.7 Å². The van der Waals surface area contributed by atoms with Crippen LogP contribution in [0.4, 0.5) is 11.5 Å². The summed E-state index contributed by atoms with van der Waals surface area (Å²) in [5, 5.41) is 17.2. The van der Waals surface area contributed by atoms with E-state index in [0.717, 1.165) is 22.3 Å². The molecular formula is C17H20N6O2. The lowest BCUT2D eigenvalue weighted by molar-refractivity contribution is -0.131. The number of amides is 1. The molecule has 0 spiro atoms. The molecule has 1 atom stereocenters. The van der Waals surface area contributed by atoms with E-state index in [2.05, 4.69) is 20.4 Å². The molecule has 0 aliphatic heterocycles. The number of hydroxylamine groups is 1. The third-order valence-corrected chi connectivity index (χ3v) is 4.12. The predicted molar refractivity (Wildman–Crippen MR) is 93.5 cm³/mol. The van der Waals surface area contributed by atoms with Gasteiger partial charge >= 0.3 is 0 Å². The molecule has 0 fully saturated rings. The van der Waals surface area contributed by atoms with Gasteiger partial charge in [0.2, 0.25) is 0 Å². The number of fused-ring (bicyclic) bond motifs is 1. The number of aromatic nitrogens is 4. The largest absolute Gasteiger partial charge is 0.340 e. The van der Waals surface area contributed by atoms with Crippen LogP contribution in [0.2, 0.25) is 0 Å². The second-order valence-electron chi connectivity index (χ2n) is 6.17. The van der Waals surface area contributed by atoms with Crippen molar-refractivity contribution in [2.24, 2.45) is 13.0 Å². The fourth-order valence-corrected chi connectivity index (χ4v) is 2.88. The summed E-state index contributed by atoms with van der Waals surface area (Å²) in [7, 11) is 1.83. The van der Waals surface area contributed by atoms with Crippen molar-refractivity contribution in [1.29, 1.82) is 0 Å². The van der Waals surface area contributed by atoms with Crippen LogP contribution in [-0.2, 0) is 11.8 Å². The molecule has 0 aliphatic rings. The molecule has 3 aromatic rings. The van der Waals surface area contributed by atoms with Crippen LogP contribution in [0.3, 0.4) is 0 Å². The Balaban J connectivity index is 1.86. The predicted octanol–water partition coefficient (Wildman–Crippen LogP) is 2.35. The monoisotopic (exact) mass is 340 g/mol. The lowest BCUT2D eigenvalue weighted by Gasteiger charge is -2.19. The molecule has 3 rings (SSSR count). The highest BCUT2D eigenvalue weighted by Crippen LogP contribution is 2.27. The molecule has 0 aliphatic carbocycles. The number of rotatable bonds is 5. The van der Waals surface area contributed by atoms with E-state index in [-0.39, 0.29) is 5.92 Å². The van der Waals surface area contributed by atoms with Gasteiger partial charge in [0.1, 0.15) is 12.1 Å². The fraction of sp³-hybridized carbons (Fsp3) is 0.294. The number of nitrogens with zero attached hydrogens (tertiary/aromatic N) is 4. The second kappa shape index (κ2) is 6.86. The van der Waals surface area contributed by atoms with Crippen molar-refractivity contribution in [3.05, 3.63) is 42.4 Å². The van der Waals surface area contributed by atoms with Gasteiger partial charge in [0.25, 0.3) is 5.91 Å². The lowest BCUT2D eigenvalue weighted by atomic mass is 9.88. The van der Waals surface area contributed by atoms with Crippen LogP contribution in [0, 0.1) is 5.92 Å². The van der Waals surface area contributed by atoms with E-state index in [1.165, 1.54) is 6.33 Å². The summed E-state index contributed by atoms with van der Waals surface area (Å²) in [6.07, 6.45) is 3.20. The van der Waals surface area contributed by atoms with E-state index in [9.17, 15) is 4.79 Å². The van der Waals surface area contributed by atoms with Crippen LogP contribution in [0.25, 0.3) is 11.0 Å². The normalized spacial score (nSPS) is 12.4. The number of benzene rings is 1. The van der Waals surface area contributed by atoms with Crippen molar-refractivity contribution < 1.29 is 10.0 Å². The number of carbonyl (C=O) groups is 1. The SMILES string of the molecule is CC(C)C(C(=O)NO)c1ccc(Nc2ncnc3c2cnn3C)cc1. The minimum atomic E-state index is -0.414. The average Bonchev–Trinajstić information content (AvgIpc) is 2.98. The molecule has 0 radical (unpaired) electrons. The maximum atomic E-state index is 11.9. The highest BCUT2D eigenvalue weighted by molar-refractivity contribution is 5.88. The minimum Gasteiger partial charge on any atom is -0.340 e. The fourth-order valence-electron chi connectivity index (χ4n) is 2.88. The van der Waals surface area contributed by atoms with E-state index in [4.69, 9.17) is 5.21 Å². The quantitative estimate of drug-likeness (QED) is 0.486. The number of hydrogen-bond donors (Lipinski definition) is 3. The van der Waals surface area contributed by atoms with Crippen LogP contribution in [0.5, 0.6) is 0 Å². The Morgan fingerprint density at radius 3 is 2.56 bits per heavy atom. The molecule has 25 heavy (non-hydrogen) atoms. The Hall–Kier alpha value is -3.00. The van der Waals surface area contributed by atoms with Gasteiger partial charge < -0.3 is 5.32 Å². The average molecular weight is 340 g/mol. The smallest absolute Gasteiger partial charge is 0.251 e. The Bertz CT molecular complexity index is 888. The molecule has 1 unspecified atom stereocenters. The van der Waals surface area contributed by atoms with Crippen molar-refractivity contribution in [3.8, 4) is 0 Å². The molecule has 0 saturated carbocycles. The van der Waals surface area contributed by atoms with Crippen LogP contribution >= 0.6 is 0 Å². The molecular weight excluding hydrogens is 320 g/mol. The van der Waals surface area contributed by atoms with Crippen molar-refractivity contribution in [2.45, 2.75) is 19.8 Å². The molecule has 8 heteroatoms. The van der Waals surface area contributed by atoms with Gasteiger partial charge in [0.15, 0.2) is 5.65 Å². The van der Waals surface area contributed by atoms with Gasteiger partial charge in [0.05, 0.1) is 17.5 Å². The van der Waals surface area contributed by atoms with E-state index >= 15 is 0 Å². The first-order chi connectivity index (χ1) is 12.0. The maximum Gasteiger partial charge on any atom is 0.251 e. The van der Waals surface area contributed by atoms with Gasteiger partial charge in [-0.05, 0) is 23.6 Å². The molecule has 8 nitrogen and oxygen atoms in total. The highest BCUT2D eigenvalue weighted by atomic mass is 16.5. The zero-order valence-electron chi connectivity index (χ0n) is 14.3. The highest BCUT2D eigenvalue weighted by Gasteiger charge is 2.23. The van der Waals surface area contributed by atoms with Crippen LogP contribution < -0.4 is 10.8 Å². The number of hydrogen-bond acceptors (Lipinski definition) is 6. The summed E-state index contributed by atoms with van der Waals surface area (Å²) >= 11 is 0. The zero-order chi connectivity index (χ0) is 18.0. The molecule has 1 amide bonds. The topological polar surface area (TPSA) is 105 Å². The van der Waals surface area contributed by atoms with Gasteiger partial charge in [-0.1, -0.05) is 26.0 Å². The number of nitrogens with one attached hydrogen (secondary N) is 2. The minimum absolute atomic E-state index is 0.0582. The summed E-state index contributed by atoms with van der Waals surface area (Å²) in [5.41, 5.74) is 4.15. The third-order valence-electron chi connectivity index (χ3n) is 4.12. The first kappa shape index (κ1) is 16.8. The standard InChI is InChI=1S/C17H20N6O2/c1-10(2)14(17(24)22-25)11-4-6-12(7-5-11)21-15-13-8-20-23(3)16(13)19-9-18-15/h4-10,14,25H,1-3H3,(H,22,24)(H,18,19,21). The Morgan fingerprint density at radius 1 is 1.20 bits per heavy atom. The van der Waals surface area contributed by atoms with Gasteiger partial charge in [-0.3, -0.25) is 14.7 Å². The molecule has 1 aromatic carbocycles. The van der Waals surface area contributed by atoms with Crippen molar-refractivity contribution in [2.75, 3.05) is 5.32 Å². The van der Waals surface area contributed by atoms with Gasteiger partial charge in [-0.25, -0.2) is 15.4 Å². The molecule has 2 aromatic heterocycles. The molecule has 130 valence electrons. The zero-order valence-corrected chi connectivity index (χ0v) is 14.3. The molecule has 0 bridgehead atoms. The van der Waals surface area contributed by atoms with E-state index < -0.39 is 11.8 Å². The third kappa shape index (κ3) is 3.29. The van der Waals surface area contributed by atoms with Gasteiger partial charge in [-0.15, -0.1) is 0 Å². The molecule has 3 N–H and O–H groups in total. The lowest BCUT2D eigenvalue weighted by Crippen LogP contribution is -2.29. The summed E-state index contributed by atoms with van der Waals surface area (Å²) < 4.78 is 1.69. The first-order valence-electron chi connectivity index (χ1n) is 7.95. The van der Waals surface area contributed by atoms with Crippen molar-refractivity contribution >= 4 is 28.4 Å². The summed E-state index contributed by atoms with van der Waals surface area (Å²) in [5.74, 6) is -0.103. The summed E-state index contributed by atoms with van der Waals surface area (Å²) in [6, 6.07) is 7.48.